The van der Waals surface area contributed by atoms with E-state index in [0.717, 1.165) is 30.1 Å². The molecule has 2 aliphatic rings. The van der Waals surface area contributed by atoms with E-state index in [1.807, 2.05) is 22.1 Å². The Morgan fingerprint density at radius 1 is 1.43 bits per heavy atom. The molecule has 0 aromatic carbocycles. The van der Waals surface area contributed by atoms with Crippen molar-refractivity contribution in [2.24, 2.45) is 0 Å². The number of nitrogens with zero attached hydrogens (tertiary/aromatic N) is 3. The normalized spacial score (nSPS) is 24.2. The molecule has 0 aliphatic carbocycles. The quantitative estimate of drug-likeness (QED) is 0.818. The molecule has 0 bridgehead atoms. The van der Waals surface area contributed by atoms with Crippen LogP contribution in [0.3, 0.4) is 0 Å². The van der Waals surface area contributed by atoms with E-state index in [-0.39, 0.29) is 23.9 Å². The van der Waals surface area contributed by atoms with Gasteiger partial charge in [-0.25, -0.2) is 4.98 Å². The molecule has 0 spiro atoms. The summed E-state index contributed by atoms with van der Waals surface area (Å²) in [5, 5.41) is 3.03. The van der Waals surface area contributed by atoms with Crippen LogP contribution in [0.1, 0.15) is 36.4 Å². The van der Waals surface area contributed by atoms with Crippen molar-refractivity contribution in [3.05, 3.63) is 16.1 Å². The minimum absolute atomic E-state index is 0.129. The monoisotopic (exact) mass is 337 g/mol. The third kappa shape index (κ3) is 3.40. The predicted molar refractivity (Wildman–Crippen MR) is 87.0 cm³/mol. The van der Waals surface area contributed by atoms with E-state index in [4.69, 9.17) is 4.74 Å². The van der Waals surface area contributed by atoms with Gasteiger partial charge in [0.1, 0.15) is 0 Å². The van der Waals surface area contributed by atoms with Gasteiger partial charge >= 0.3 is 0 Å². The largest absolute Gasteiger partial charge is 0.384 e. The average Bonchev–Trinajstić information content (AvgIpc) is 3.14. The molecule has 0 radical (unpaired) electrons. The Morgan fingerprint density at radius 3 is 2.96 bits per heavy atom. The lowest BCUT2D eigenvalue weighted by Crippen LogP contribution is -2.52. The van der Waals surface area contributed by atoms with E-state index >= 15 is 0 Å². The summed E-state index contributed by atoms with van der Waals surface area (Å²) in [4.78, 5) is 33.1. The number of likely N-dealkylation sites (tertiary alicyclic amines) is 2. The average molecular weight is 337 g/mol. The summed E-state index contributed by atoms with van der Waals surface area (Å²) >= 11 is 1.61. The SMILES string of the molecule is COCCC(=O)N1CC[C@H]2[C@@H]1CCC(=O)N2Cc1csc(C)n1. The summed E-state index contributed by atoms with van der Waals surface area (Å²) in [5.41, 5.74) is 0.950. The van der Waals surface area contributed by atoms with E-state index in [9.17, 15) is 9.59 Å². The Labute approximate surface area is 140 Å². The highest BCUT2D eigenvalue weighted by Crippen LogP contribution is 2.33. The number of methoxy groups -OCH3 is 1. The molecule has 2 saturated heterocycles. The van der Waals surface area contributed by atoms with Crippen LogP contribution in [-0.4, -0.2) is 58.9 Å². The second-order valence-corrected chi connectivity index (χ2v) is 7.23. The standard InChI is InChI=1S/C16H23N3O3S/c1-11-17-12(10-23-11)9-19-14-5-7-18(16(21)6-8-22-2)13(14)3-4-15(19)20/h10,13-14H,3-9H2,1-2H3/t13-,14-/m0/s1. The lowest BCUT2D eigenvalue weighted by Gasteiger charge is -2.39. The summed E-state index contributed by atoms with van der Waals surface area (Å²) < 4.78 is 5.01. The molecule has 23 heavy (non-hydrogen) atoms. The second kappa shape index (κ2) is 6.97. The number of ether oxygens (including phenoxy) is 1. The molecule has 2 fully saturated rings. The molecular formula is C16H23N3O3S. The summed E-state index contributed by atoms with van der Waals surface area (Å²) in [5.74, 6) is 0.321. The van der Waals surface area contributed by atoms with E-state index in [0.29, 0.717) is 26.0 Å². The summed E-state index contributed by atoms with van der Waals surface area (Å²) in [6.07, 6.45) is 2.56. The molecule has 3 rings (SSSR count). The van der Waals surface area contributed by atoms with Crippen LogP contribution in [0.4, 0.5) is 0 Å². The maximum Gasteiger partial charge on any atom is 0.225 e. The van der Waals surface area contributed by atoms with E-state index in [1.165, 1.54) is 0 Å². The van der Waals surface area contributed by atoms with Gasteiger partial charge in [-0.2, -0.15) is 0 Å². The maximum atomic E-state index is 12.4. The van der Waals surface area contributed by atoms with Crippen LogP contribution in [-0.2, 0) is 20.9 Å². The number of fused-ring (bicyclic) bond motifs is 1. The fraction of sp³-hybridized carbons (Fsp3) is 0.688. The smallest absolute Gasteiger partial charge is 0.225 e. The Morgan fingerprint density at radius 2 is 2.26 bits per heavy atom. The third-order valence-corrected chi connectivity index (χ3v) is 5.55. The van der Waals surface area contributed by atoms with Gasteiger partial charge in [-0.1, -0.05) is 0 Å². The Hall–Kier alpha value is -1.47. The van der Waals surface area contributed by atoms with Crippen LogP contribution in [0.15, 0.2) is 5.38 Å². The van der Waals surface area contributed by atoms with Crippen LogP contribution in [0, 0.1) is 6.92 Å². The van der Waals surface area contributed by atoms with Gasteiger partial charge in [-0.3, -0.25) is 9.59 Å². The predicted octanol–water partition coefficient (Wildman–Crippen LogP) is 1.58. The van der Waals surface area contributed by atoms with Gasteiger partial charge in [-0.15, -0.1) is 11.3 Å². The van der Waals surface area contributed by atoms with Crippen LogP contribution < -0.4 is 0 Å². The lowest BCUT2D eigenvalue weighted by atomic mass is 9.96. The lowest BCUT2D eigenvalue weighted by molar-refractivity contribution is -0.142. The number of amides is 2. The molecule has 0 saturated carbocycles. The molecule has 0 N–H and O–H groups in total. The van der Waals surface area contributed by atoms with Crippen molar-refractivity contribution in [1.82, 2.24) is 14.8 Å². The first kappa shape index (κ1) is 16.4. The summed E-state index contributed by atoms with van der Waals surface area (Å²) in [6.45, 7) is 3.72. The zero-order valence-electron chi connectivity index (χ0n) is 13.7. The minimum atomic E-state index is 0.129. The number of thiazole rings is 1. The first-order chi connectivity index (χ1) is 11.1. The van der Waals surface area contributed by atoms with Crippen molar-refractivity contribution in [3.63, 3.8) is 0 Å². The van der Waals surface area contributed by atoms with Gasteiger partial charge in [0.15, 0.2) is 0 Å². The van der Waals surface area contributed by atoms with Gasteiger partial charge in [0, 0.05) is 25.5 Å². The number of hydrogen-bond acceptors (Lipinski definition) is 5. The number of carbonyl (C=O) groups excluding carboxylic acids is 2. The molecule has 7 heteroatoms. The molecule has 3 heterocycles. The van der Waals surface area contributed by atoms with Crippen LogP contribution >= 0.6 is 11.3 Å². The number of carbonyl (C=O) groups is 2. The molecule has 0 unspecified atom stereocenters. The number of hydrogen-bond donors (Lipinski definition) is 0. The zero-order chi connectivity index (χ0) is 16.4. The van der Waals surface area contributed by atoms with Crippen LogP contribution in [0.25, 0.3) is 0 Å². The number of rotatable bonds is 5. The van der Waals surface area contributed by atoms with E-state index in [1.54, 1.807) is 18.4 Å². The van der Waals surface area contributed by atoms with Gasteiger partial charge in [0.05, 0.1) is 42.4 Å². The molecule has 6 nitrogen and oxygen atoms in total. The summed E-state index contributed by atoms with van der Waals surface area (Å²) in [7, 11) is 1.61. The van der Waals surface area contributed by atoms with Crippen molar-refractivity contribution in [2.75, 3.05) is 20.3 Å². The van der Waals surface area contributed by atoms with Gasteiger partial charge in [0.25, 0.3) is 0 Å². The third-order valence-electron chi connectivity index (χ3n) is 4.72. The van der Waals surface area contributed by atoms with Crippen molar-refractivity contribution >= 4 is 23.2 Å². The maximum absolute atomic E-state index is 12.4. The van der Waals surface area contributed by atoms with Crippen molar-refractivity contribution in [1.29, 1.82) is 0 Å². The number of aromatic nitrogens is 1. The van der Waals surface area contributed by atoms with Crippen molar-refractivity contribution in [3.8, 4) is 0 Å². The van der Waals surface area contributed by atoms with Crippen molar-refractivity contribution < 1.29 is 14.3 Å². The molecule has 2 aliphatic heterocycles. The van der Waals surface area contributed by atoms with Gasteiger partial charge in [-0.05, 0) is 19.8 Å². The highest BCUT2D eigenvalue weighted by Gasteiger charge is 2.44. The highest BCUT2D eigenvalue weighted by molar-refractivity contribution is 7.09. The number of piperidine rings is 1. The topological polar surface area (TPSA) is 62.7 Å². The van der Waals surface area contributed by atoms with E-state index in [2.05, 4.69) is 4.98 Å². The van der Waals surface area contributed by atoms with Crippen LogP contribution in [0.2, 0.25) is 0 Å². The highest BCUT2D eigenvalue weighted by atomic mass is 32.1. The second-order valence-electron chi connectivity index (χ2n) is 6.17. The van der Waals surface area contributed by atoms with Gasteiger partial charge < -0.3 is 14.5 Å². The molecule has 2 amide bonds. The zero-order valence-corrected chi connectivity index (χ0v) is 14.5. The molecule has 1 aromatic heterocycles. The fourth-order valence-corrected chi connectivity index (χ4v) is 4.26. The van der Waals surface area contributed by atoms with Gasteiger partial charge in [0.2, 0.25) is 11.8 Å². The Bertz CT molecular complexity index is 589. The summed E-state index contributed by atoms with van der Waals surface area (Å²) in [6, 6.07) is 0.279. The first-order valence-corrected chi connectivity index (χ1v) is 8.97. The Kier molecular flexibility index (Phi) is 4.96. The molecule has 1 aromatic rings. The molecule has 2 atom stereocenters. The first-order valence-electron chi connectivity index (χ1n) is 8.09. The van der Waals surface area contributed by atoms with E-state index < -0.39 is 0 Å². The Balaban J connectivity index is 1.70. The number of aryl methyl sites for hydroxylation is 1. The molecular weight excluding hydrogens is 314 g/mol. The van der Waals surface area contributed by atoms with Crippen molar-refractivity contribution in [2.45, 2.75) is 51.2 Å². The fourth-order valence-electron chi connectivity index (χ4n) is 3.65. The minimum Gasteiger partial charge on any atom is -0.384 e. The van der Waals surface area contributed by atoms with Crippen LogP contribution in [0.5, 0.6) is 0 Å². The molecule has 126 valence electrons.